The molecule has 1 aliphatic heterocycles. The van der Waals surface area contributed by atoms with Crippen LogP contribution in [0.1, 0.15) is 18.5 Å². The van der Waals surface area contributed by atoms with Crippen molar-refractivity contribution >= 4 is 16.0 Å². The SMILES string of the molecule is CCS(=O)(=O)NCCN1CCOc2ccccc2C1C(=O)O. The van der Waals surface area contributed by atoms with Crippen molar-refractivity contribution in [3.63, 3.8) is 0 Å². The standard InChI is InChI=1S/C14H20N2O5S/c1-2-22(19,20)15-7-8-16-9-10-21-12-6-4-3-5-11(12)13(16)14(17)18/h3-6,13,15H,2,7-10H2,1H3,(H,17,18). The Morgan fingerprint density at radius 3 is 2.86 bits per heavy atom. The lowest BCUT2D eigenvalue weighted by Gasteiger charge is -2.26. The Morgan fingerprint density at radius 1 is 1.45 bits per heavy atom. The second-order valence-corrected chi connectivity index (χ2v) is 7.06. The summed E-state index contributed by atoms with van der Waals surface area (Å²) < 4.78 is 30.9. The molecule has 22 heavy (non-hydrogen) atoms. The van der Waals surface area contributed by atoms with Gasteiger partial charge in [0, 0.05) is 25.2 Å². The van der Waals surface area contributed by atoms with Gasteiger partial charge in [0.25, 0.3) is 0 Å². The maximum Gasteiger partial charge on any atom is 0.325 e. The van der Waals surface area contributed by atoms with Gasteiger partial charge >= 0.3 is 5.97 Å². The average molecular weight is 328 g/mol. The molecule has 8 heteroatoms. The number of ether oxygens (including phenoxy) is 1. The first-order valence-electron chi connectivity index (χ1n) is 7.10. The first kappa shape index (κ1) is 16.7. The second kappa shape index (κ2) is 7.08. The second-order valence-electron chi connectivity index (χ2n) is 4.96. The van der Waals surface area contributed by atoms with Crippen LogP contribution in [0.4, 0.5) is 0 Å². The smallest absolute Gasteiger partial charge is 0.325 e. The average Bonchev–Trinajstić information content (AvgIpc) is 2.66. The molecule has 1 aromatic carbocycles. The zero-order valence-corrected chi connectivity index (χ0v) is 13.2. The minimum absolute atomic E-state index is 0.00129. The maximum atomic E-state index is 11.7. The third kappa shape index (κ3) is 3.96. The molecule has 0 amide bonds. The lowest BCUT2D eigenvalue weighted by molar-refractivity contribution is -0.143. The van der Waals surface area contributed by atoms with Crippen LogP contribution in [0.5, 0.6) is 5.75 Å². The van der Waals surface area contributed by atoms with E-state index in [0.717, 1.165) is 0 Å². The zero-order chi connectivity index (χ0) is 16.2. The van der Waals surface area contributed by atoms with Gasteiger partial charge < -0.3 is 9.84 Å². The minimum atomic E-state index is -3.28. The molecule has 2 N–H and O–H groups in total. The van der Waals surface area contributed by atoms with Gasteiger partial charge in [-0.1, -0.05) is 18.2 Å². The Morgan fingerprint density at radius 2 is 2.18 bits per heavy atom. The van der Waals surface area contributed by atoms with Gasteiger partial charge in [0.2, 0.25) is 10.0 Å². The molecule has 122 valence electrons. The van der Waals surface area contributed by atoms with Gasteiger partial charge in [-0.25, -0.2) is 13.1 Å². The van der Waals surface area contributed by atoms with Gasteiger partial charge in [-0.2, -0.15) is 0 Å². The van der Waals surface area contributed by atoms with Crippen molar-refractivity contribution in [2.24, 2.45) is 0 Å². The van der Waals surface area contributed by atoms with E-state index in [9.17, 15) is 18.3 Å². The first-order chi connectivity index (χ1) is 10.4. The molecule has 0 spiro atoms. The van der Waals surface area contributed by atoms with Gasteiger partial charge in [-0.15, -0.1) is 0 Å². The van der Waals surface area contributed by atoms with Gasteiger partial charge in [0.05, 0.1) is 5.75 Å². The fraction of sp³-hybridized carbons (Fsp3) is 0.500. The minimum Gasteiger partial charge on any atom is -0.492 e. The van der Waals surface area contributed by atoms with Crippen LogP contribution >= 0.6 is 0 Å². The van der Waals surface area contributed by atoms with Crippen LogP contribution in [-0.4, -0.2) is 56.4 Å². The number of hydrogen-bond donors (Lipinski definition) is 2. The molecule has 0 saturated heterocycles. The van der Waals surface area contributed by atoms with Crippen LogP contribution in [0.15, 0.2) is 24.3 Å². The van der Waals surface area contributed by atoms with Crippen molar-refractivity contribution in [3.8, 4) is 5.75 Å². The van der Waals surface area contributed by atoms with Crippen molar-refractivity contribution < 1.29 is 23.1 Å². The summed E-state index contributed by atoms with van der Waals surface area (Å²) in [5.74, 6) is -0.413. The number of sulfonamides is 1. The van der Waals surface area contributed by atoms with Gasteiger partial charge in [-0.05, 0) is 13.0 Å². The number of aliphatic carboxylic acids is 1. The fourth-order valence-electron chi connectivity index (χ4n) is 2.41. The summed E-state index contributed by atoms with van der Waals surface area (Å²) in [7, 11) is -3.28. The number of nitrogens with one attached hydrogen (secondary N) is 1. The van der Waals surface area contributed by atoms with E-state index in [2.05, 4.69) is 4.72 Å². The largest absolute Gasteiger partial charge is 0.492 e. The molecule has 0 bridgehead atoms. The third-order valence-electron chi connectivity index (χ3n) is 3.55. The van der Waals surface area contributed by atoms with E-state index in [-0.39, 0.29) is 12.3 Å². The number of carbonyl (C=O) groups is 1. The van der Waals surface area contributed by atoms with Crippen molar-refractivity contribution in [1.29, 1.82) is 0 Å². The lowest BCUT2D eigenvalue weighted by atomic mass is 10.0. The van der Waals surface area contributed by atoms with E-state index in [1.807, 2.05) is 0 Å². The Labute approximate surface area is 129 Å². The summed E-state index contributed by atoms with van der Waals surface area (Å²) in [6.07, 6.45) is 0. The summed E-state index contributed by atoms with van der Waals surface area (Å²) in [6, 6.07) is 6.19. The van der Waals surface area contributed by atoms with E-state index >= 15 is 0 Å². The van der Waals surface area contributed by atoms with Crippen molar-refractivity contribution in [1.82, 2.24) is 9.62 Å². The molecule has 0 saturated carbocycles. The van der Waals surface area contributed by atoms with E-state index < -0.39 is 22.0 Å². The third-order valence-corrected chi connectivity index (χ3v) is 4.95. The summed E-state index contributed by atoms with van der Waals surface area (Å²) in [4.78, 5) is 13.4. The van der Waals surface area contributed by atoms with E-state index in [0.29, 0.717) is 31.0 Å². The van der Waals surface area contributed by atoms with Gasteiger partial charge in [0.1, 0.15) is 18.4 Å². The number of benzene rings is 1. The number of hydrogen-bond acceptors (Lipinski definition) is 5. The molecule has 1 aromatic rings. The van der Waals surface area contributed by atoms with E-state index in [4.69, 9.17) is 4.74 Å². The number of carboxylic acids is 1. The Kier molecular flexibility index (Phi) is 5.38. The van der Waals surface area contributed by atoms with Crippen LogP contribution in [0, 0.1) is 0 Å². The predicted molar refractivity (Wildman–Crippen MR) is 81.4 cm³/mol. The number of fused-ring (bicyclic) bond motifs is 1. The molecule has 0 fully saturated rings. The summed E-state index contributed by atoms with van der Waals surface area (Å²) >= 11 is 0. The maximum absolute atomic E-state index is 11.7. The van der Waals surface area contributed by atoms with Crippen molar-refractivity contribution in [2.45, 2.75) is 13.0 Å². The van der Waals surface area contributed by atoms with E-state index in [1.54, 1.807) is 36.1 Å². The number of para-hydroxylation sites is 1. The topological polar surface area (TPSA) is 95.9 Å². The van der Waals surface area contributed by atoms with Crippen LogP contribution < -0.4 is 9.46 Å². The highest BCUT2D eigenvalue weighted by Gasteiger charge is 2.31. The highest BCUT2D eigenvalue weighted by atomic mass is 32.2. The quantitative estimate of drug-likeness (QED) is 0.787. The van der Waals surface area contributed by atoms with E-state index in [1.165, 1.54) is 0 Å². The Hall–Kier alpha value is -1.64. The molecule has 1 heterocycles. The molecule has 7 nitrogen and oxygen atoms in total. The predicted octanol–water partition coefficient (Wildman–Crippen LogP) is 0.446. The normalized spacial score (nSPS) is 19.0. The molecule has 0 aromatic heterocycles. The summed E-state index contributed by atoms with van der Waals surface area (Å²) in [5.41, 5.74) is 0.589. The van der Waals surface area contributed by atoms with Crippen LogP contribution in [0.25, 0.3) is 0 Å². The number of rotatable bonds is 6. The molecular weight excluding hydrogens is 308 g/mol. The highest BCUT2D eigenvalue weighted by molar-refractivity contribution is 7.89. The van der Waals surface area contributed by atoms with Gasteiger partial charge in [-0.3, -0.25) is 9.69 Å². The monoisotopic (exact) mass is 328 g/mol. The van der Waals surface area contributed by atoms with Crippen LogP contribution in [0.2, 0.25) is 0 Å². The fourth-order valence-corrected chi connectivity index (χ4v) is 3.02. The zero-order valence-electron chi connectivity index (χ0n) is 12.4. The highest BCUT2D eigenvalue weighted by Crippen LogP contribution is 2.31. The van der Waals surface area contributed by atoms with Crippen LogP contribution in [-0.2, 0) is 14.8 Å². The molecule has 0 radical (unpaired) electrons. The number of carboxylic acid groups (broad SMARTS) is 1. The van der Waals surface area contributed by atoms with Crippen molar-refractivity contribution in [2.75, 3.05) is 32.0 Å². The number of nitrogens with zero attached hydrogens (tertiary/aromatic N) is 1. The van der Waals surface area contributed by atoms with Crippen molar-refractivity contribution in [3.05, 3.63) is 29.8 Å². The van der Waals surface area contributed by atoms with Gasteiger partial charge in [0.15, 0.2) is 0 Å². The molecule has 1 aliphatic rings. The lowest BCUT2D eigenvalue weighted by Crippen LogP contribution is -2.41. The molecule has 2 rings (SSSR count). The molecule has 0 aliphatic carbocycles. The van der Waals surface area contributed by atoms with Crippen LogP contribution in [0.3, 0.4) is 0 Å². The molecule has 1 atom stereocenters. The Balaban J connectivity index is 2.15. The summed E-state index contributed by atoms with van der Waals surface area (Å²) in [5, 5.41) is 9.55. The molecule has 1 unspecified atom stereocenters. The first-order valence-corrected chi connectivity index (χ1v) is 8.75. The molecular formula is C14H20N2O5S. The summed E-state index contributed by atoms with van der Waals surface area (Å²) in [6.45, 7) is 2.80. The Bertz CT molecular complexity index is 632.